The number of rotatable bonds is 6. The average Bonchev–Trinajstić information content (AvgIpc) is 3.11. The molecule has 0 aromatic carbocycles. The van der Waals surface area contributed by atoms with E-state index >= 15 is 0 Å². The van der Waals surface area contributed by atoms with Crippen molar-refractivity contribution in [2.45, 2.75) is 12.2 Å². The van der Waals surface area contributed by atoms with E-state index in [1.807, 2.05) is 4.90 Å². The Morgan fingerprint density at radius 1 is 1.38 bits per heavy atom. The molecule has 2 rings (SSSR count). The van der Waals surface area contributed by atoms with Crippen molar-refractivity contribution >= 4 is 45.9 Å². The second-order valence-corrected chi connectivity index (χ2v) is 7.40. The lowest BCUT2D eigenvalue weighted by molar-refractivity contribution is -0.140. The average molecular weight is 501 g/mol. The number of esters is 1. The van der Waals surface area contributed by atoms with Crippen molar-refractivity contribution in [3.63, 3.8) is 0 Å². The normalized spacial score (nSPS) is 16.1. The standard InChI is InChI=1S/C14H23N5O5S.HI/c1-15-14(16-5-3-13(20)23-2)18-6-8-19(9-7-18)25(21,22)11-12-4-10-24-17-12;/h4,10H,3,5-9,11H2,1-2H3,(H,15,16);1H. The summed E-state index contributed by atoms with van der Waals surface area (Å²) in [6, 6.07) is 1.54. The van der Waals surface area contributed by atoms with Gasteiger partial charge in [0.1, 0.15) is 12.0 Å². The van der Waals surface area contributed by atoms with E-state index < -0.39 is 10.0 Å². The lowest BCUT2D eigenvalue weighted by atomic mass is 10.4. The van der Waals surface area contributed by atoms with Crippen molar-refractivity contribution in [1.82, 2.24) is 19.7 Å². The summed E-state index contributed by atoms with van der Waals surface area (Å²) >= 11 is 0. The van der Waals surface area contributed by atoms with E-state index in [2.05, 4.69) is 24.7 Å². The second kappa shape index (κ2) is 10.7. The number of nitrogens with zero attached hydrogens (tertiary/aromatic N) is 4. The van der Waals surface area contributed by atoms with Gasteiger partial charge in [0, 0.05) is 45.8 Å². The number of piperazine rings is 1. The van der Waals surface area contributed by atoms with Crippen LogP contribution in [0, 0.1) is 0 Å². The Kier molecular flexibility index (Phi) is 9.29. The van der Waals surface area contributed by atoms with Gasteiger partial charge in [-0.1, -0.05) is 5.16 Å². The first kappa shape index (κ1) is 22.6. The third kappa shape index (κ3) is 6.39. The highest BCUT2D eigenvalue weighted by Gasteiger charge is 2.28. The van der Waals surface area contributed by atoms with Gasteiger partial charge < -0.3 is 19.5 Å². The minimum absolute atomic E-state index is 0. The van der Waals surface area contributed by atoms with Crippen LogP contribution in [0.25, 0.3) is 0 Å². The quantitative estimate of drug-likeness (QED) is 0.248. The van der Waals surface area contributed by atoms with Gasteiger partial charge in [0.25, 0.3) is 0 Å². The number of aliphatic imine (C=N–C) groups is 1. The molecule has 1 aromatic heterocycles. The molecule has 0 atom stereocenters. The smallest absolute Gasteiger partial charge is 0.307 e. The van der Waals surface area contributed by atoms with Gasteiger partial charge in [-0.15, -0.1) is 24.0 Å². The summed E-state index contributed by atoms with van der Waals surface area (Å²) in [6.07, 6.45) is 1.59. The number of ether oxygens (including phenoxy) is 1. The number of nitrogens with one attached hydrogen (secondary N) is 1. The fourth-order valence-corrected chi connectivity index (χ4v) is 3.90. The Hall–Kier alpha value is -1.41. The zero-order valence-electron chi connectivity index (χ0n) is 14.8. The maximum Gasteiger partial charge on any atom is 0.307 e. The molecule has 0 amide bonds. The van der Waals surface area contributed by atoms with Crippen LogP contribution in [0.2, 0.25) is 0 Å². The third-order valence-corrected chi connectivity index (χ3v) is 5.62. The highest BCUT2D eigenvalue weighted by molar-refractivity contribution is 14.0. The Labute approximate surface area is 170 Å². The monoisotopic (exact) mass is 501 g/mol. The van der Waals surface area contributed by atoms with Crippen LogP contribution in [0.4, 0.5) is 0 Å². The van der Waals surface area contributed by atoms with E-state index in [1.165, 1.54) is 17.7 Å². The molecule has 1 saturated heterocycles. The zero-order valence-corrected chi connectivity index (χ0v) is 17.9. The number of guanidine groups is 1. The van der Waals surface area contributed by atoms with Crippen LogP contribution in [0.15, 0.2) is 21.8 Å². The molecule has 0 unspecified atom stereocenters. The number of hydrogen-bond acceptors (Lipinski definition) is 7. The summed E-state index contributed by atoms with van der Waals surface area (Å²) in [7, 11) is -0.441. The molecule has 1 aliphatic rings. The predicted octanol–water partition coefficient (Wildman–Crippen LogP) is -0.121. The van der Waals surface area contributed by atoms with E-state index in [9.17, 15) is 13.2 Å². The SMILES string of the molecule is CN=C(NCCC(=O)OC)N1CCN(S(=O)(=O)Cc2ccon2)CC1.I. The van der Waals surface area contributed by atoms with Gasteiger partial charge >= 0.3 is 5.97 Å². The van der Waals surface area contributed by atoms with Crippen molar-refractivity contribution < 1.29 is 22.5 Å². The predicted molar refractivity (Wildman–Crippen MR) is 106 cm³/mol. The van der Waals surface area contributed by atoms with Crippen LogP contribution in [0.3, 0.4) is 0 Å². The first-order chi connectivity index (χ1) is 12.0. The minimum atomic E-state index is -3.43. The molecule has 0 radical (unpaired) electrons. The summed E-state index contributed by atoms with van der Waals surface area (Å²) in [5, 5.41) is 6.73. The van der Waals surface area contributed by atoms with Gasteiger partial charge in [-0.3, -0.25) is 9.79 Å². The maximum absolute atomic E-state index is 12.4. The van der Waals surface area contributed by atoms with Gasteiger partial charge in [-0.05, 0) is 0 Å². The van der Waals surface area contributed by atoms with Crippen LogP contribution in [-0.4, -0.2) is 81.6 Å². The van der Waals surface area contributed by atoms with Crippen LogP contribution >= 0.6 is 24.0 Å². The molecule has 2 heterocycles. The molecule has 10 nitrogen and oxygen atoms in total. The van der Waals surface area contributed by atoms with Crippen LogP contribution in [0.5, 0.6) is 0 Å². The van der Waals surface area contributed by atoms with E-state index in [0.29, 0.717) is 44.4 Å². The molecule has 0 bridgehead atoms. The second-order valence-electron chi connectivity index (χ2n) is 5.43. The molecule has 0 spiro atoms. The van der Waals surface area contributed by atoms with Crippen molar-refractivity contribution in [2.75, 3.05) is 46.9 Å². The molecule has 148 valence electrons. The maximum atomic E-state index is 12.4. The molecule has 12 heteroatoms. The van der Waals surface area contributed by atoms with Crippen molar-refractivity contribution in [3.05, 3.63) is 18.0 Å². The van der Waals surface area contributed by atoms with Crippen molar-refractivity contribution in [3.8, 4) is 0 Å². The summed E-state index contributed by atoms with van der Waals surface area (Å²) in [5.41, 5.74) is 0.391. The highest BCUT2D eigenvalue weighted by atomic mass is 127. The molecule has 1 N–H and O–H groups in total. The summed E-state index contributed by atoms with van der Waals surface area (Å²) in [6.45, 7) is 2.14. The molecule has 1 aliphatic heterocycles. The van der Waals surface area contributed by atoms with Gasteiger partial charge in [0.2, 0.25) is 10.0 Å². The van der Waals surface area contributed by atoms with Crippen LogP contribution < -0.4 is 5.32 Å². The number of halogens is 1. The van der Waals surface area contributed by atoms with Gasteiger partial charge in [0.05, 0.1) is 19.2 Å². The summed E-state index contributed by atoms with van der Waals surface area (Å²) in [5.74, 6) is 0.166. The molecule has 1 aromatic rings. The number of sulfonamides is 1. The summed E-state index contributed by atoms with van der Waals surface area (Å²) < 4.78 is 35.5. The Morgan fingerprint density at radius 2 is 2.08 bits per heavy atom. The Balaban J connectivity index is 0.00000338. The van der Waals surface area contributed by atoms with Crippen LogP contribution in [-0.2, 0) is 25.3 Å². The minimum Gasteiger partial charge on any atom is -0.469 e. The fourth-order valence-electron chi connectivity index (χ4n) is 2.48. The number of hydrogen-bond donors (Lipinski definition) is 1. The first-order valence-electron chi connectivity index (χ1n) is 7.85. The molecule has 0 aliphatic carbocycles. The number of carbonyl (C=O) groups excluding carboxylic acids is 1. The topological polar surface area (TPSA) is 117 Å². The van der Waals surface area contributed by atoms with Gasteiger partial charge in [-0.2, -0.15) is 4.31 Å². The van der Waals surface area contributed by atoms with Crippen LogP contribution in [0.1, 0.15) is 12.1 Å². The number of aromatic nitrogens is 1. The van der Waals surface area contributed by atoms with E-state index in [0.717, 1.165) is 0 Å². The lowest BCUT2D eigenvalue weighted by Crippen LogP contribution is -2.54. The molecule has 26 heavy (non-hydrogen) atoms. The molecule has 0 saturated carbocycles. The van der Waals surface area contributed by atoms with E-state index in [-0.39, 0.29) is 42.1 Å². The Morgan fingerprint density at radius 3 is 2.62 bits per heavy atom. The third-order valence-electron chi connectivity index (χ3n) is 3.80. The largest absolute Gasteiger partial charge is 0.469 e. The molecule has 1 fully saturated rings. The van der Waals surface area contributed by atoms with Gasteiger partial charge in [-0.25, -0.2) is 8.42 Å². The van der Waals surface area contributed by atoms with Gasteiger partial charge in [0.15, 0.2) is 5.96 Å². The fraction of sp³-hybridized carbons (Fsp3) is 0.643. The van der Waals surface area contributed by atoms with Crippen molar-refractivity contribution in [1.29, 1.82) is 0 Å². The highest BCUT2D eigenvalue weighted by Crippen LogP contribution is 2.12. The first-order valence-corrected chi connectivity index (χ1v) is 9.46. The molecular weight excluding hydrogens is 477 g/mol. The Bertz CT molecular complexity index is 687. The van der Waals surface area contributed by atoms with Crippen molar-refractivity contribution in [2.24, 2.45) is 4.99 Å². The lowest BCUT2D eigenvalue weighted by Gasteiger charge is -2.35. The zero-order chi connectivity index (χ0) is 18.3. The molecular formula is C14H24IN5O5S. The summed E-state index contributed by atoms with van der Waals surface area (Å²) in [4.78, 5) is 17.3. The van der Waals surface area contributed by atoms with E-state index in [1.54, 1.807) is 13.1 Å². The number of carbonyl (C=O) groups is 1. The number of methoxy groups -OCH3 is 1. The van der Waals surface area contributed by atoms with E-state index in [4.69, 9.17) is 0 Å².